The third kappa shape index (κ3) is 5.57. The van der Waals surface area contributed by atoms with Crippen molar-refractivity contribution >= 4 is 17.0 Å². The maximum atomic E-state index is 12.5. The van der Waals surface area contributed by atoms with Crippen molar-refractivity contribution in [2.75, 3.05) is 6.61 Å². The zero-order chi connectivity index (χ0) is 25.3. The second-order valence-corrected chi connectivity index (χ2v) is 8.71. The minimum Gasteiger partial charge on any atom is -0.465 e. The van der Waals surface area contributed by atoms with E-state index in [1.807, 2.05) is 0 Å². The molecule has 1 aromatic heterocycles. The molecule has 182 valence electrons. The van der Waals surface area contributed by atoms with E-state index in [0.717, 1.165) is 0 Å². The fourth-order valence-electron chi connectivity index (χ4n) is 3.75. The van der Waals surface area contributed by atoms with E-state index in [2.05, 4.69) is 9.72 Å². The number of nitrogens with zero attached hydrogens (tertiary/aromatic N) is 2. The number of pyridine rings is 1. The summed E-state index contributed by atoms with van der Waals surface area (Å²) in [5.41, 5.74) is 1.39. The fourth-order valence-corrected chi connectivity index (χ4v) is 3.75. The first kappa shape index (κ1) is 25.3. The monoisotopic (exact) mass is 478 g/mol. The third-order valence-electron chi connectivity index (χ3n) is 5.29. The lowest BCUT2D eigenvalue weighted by molar-refractivity contribution is -0.274. The van der Waals surface area contributed by atoms with E-state index >= 15 is 0 Å². The largest absolute Gasteiger partial charge is 0.573 e. The Kier molecular flexibility index (Phi) is 7.04. The van der Waals surface area contributed by atoms with Crippen molar-refractivity contribution in [3.8, 4) is 16.9 Å². The number of aliphatic hydroxyl groups is 2. The van der Waals surface area contributed by atoms with Crippen LogP contribution in [-0.2, 0) is 6.54 Å². The van der Waals surface area contributed by atoms with Crippen LogP contribution in [0, 0.1) is 0 Å². The summed E-state index contributed by atoms with van der Waals surface area (Å²) in [5.74, 6) is -0.379. The highest BCUT2D eigenvalue weighted by molar-refractivity contribution is 5.97. The number of halogens is 3. The van der Waals surface area contributed by atoms with E-state index in [1.54, 1.807) is 39.0 Å². The Morgan fingerprint density at radius 2 is 1.79 bits per heavy atom. The van der Waals surface area contributed by atoms with Crippen LogP contribution >= 0.6 is 0 Å². The molecular weight excluding hydrogens is 453 g/mol. The van der Waals surface area contributed by atoms with Gasteiger partial charge in [0.25, 0.3) is 0 Å². The molecule has 0 fully saturated rings. The molecule has 3 rings (SSSR count). The molecule has 0 aliphatic heterocycles. The third-order valence-corrected chi connectivity index (χ3v) is 5.29. The quantitative estimate of drug-likeness (QED) is 0.455. The molecule has 0 saturated heterocycles. The van der Waals surface area contributed by atoms with Crippen LogP contribution in [0.5, 0.6) is 5.75 Å². The number of hydrogen-bond acceptors (Lipinski definition) is 5. The van der Waals surface area contributed by atoms with Gasteiger partial charge in [0.1, 0.15) is 11.9 Å². The van der Waals surface area contributed by atoms with Crippen molar-refractivity contribution in [2.45, 2.75) is 45.3 Å². The molecule has 0 spiro atoms. The number of aromatic nitrogens is 1. The Labute approximate surface area is 194 Å². The lowest BCUT2D eigenvalue weighted by atomic mass is 9.90. The number of carboxylic acid groups (broad SMARTS) is 1. The zero-order valence-electron chi connectivity index (χ0n) is 18.8. The number of carbonyl (C=O) groups is 1. The number of aliphatic hydroxyl groups excluding tert-OH is 2. The molecule has 3 aromatic rings. The molecule has 0 radical (unpaired) electrons. The van der Waals surface area contributed by atoms with E-state index < -0.39 is 30.7 Å². The van der Waals surface area contributed by atoms with Gasteiger partial charge in [-0.05, 0) is 61.7 Å². The van der Waals surface area contributed by atoms with Crippen LogP contribution in [0.4, 0.5) is 18.0 Å². The van der Waals surface area contributed by atoms with Gasteiger partial charge in [0, 0.05) is 29.2 Å². The van der Waals surface area contributed by atoms with Gasteiger partial charge in [-0.25, -0.2) is 4.79 Å². The van der Waals surface area contributed by atoms with Crippen molar-refractivity contribution < 1.29 is 38.0 Å². The van der Waals surface area contributed by atoms with Crippen molar-refractivity contribution in [1.82, 2.24) is 9.88 Å². The lowest BCUT2D eigenvalue weighted by Gasteiger charge is -2.34. The van der Waals surface area contributed by atoms with Crippen molar-refractivity contribution in [3.05, 3.63) is 59.8 Å². The molecule has 0 aliphatic carbocycles. The van der Waals surface area contributed by atoms with Crippen LogP contribution in [0.2, 0.25) is 0 Å². The van der Waals surface area contributed by atoms with Gasteiger partial charge in [0.2, 0.25) is 0 Å². The second kappa shape index (κ2) is 9.47. The average molecular weight is 478 g/mol. The molecule has 1 unspecified atom stereocenters. The normalized spacial score (nSPS) is 13.1. The predicted molar refractivity (Wildman–Crippen MR) is 119 cm³/mol. The summed E-state index contributed by atoms with van der Waals surface area (Å²) in [6.07, 6.45) is -5.81. The van der Waals surface area contributed by atoms with Crippen molar-refractivity contribution in [1.29, 1.82) is 0 Å². The highest BCUT2D eigenvalue weighted by Crippen LogP contribution is 2.37. The summed E-state index contributed by atoms with van der Waals surface area (Å²) >= 11 is 0. The first-order valence-electron chi connectivity index (χ1n) is 10.4. The van der Waals surface area contributed by atoms with Gasteiger partial charge >= 0.3 is 12.5 Å². The minimum absolute atomic E-state index is 0.111. The van der Waals surface area contributed by atoms with Gasteiger partial charge in [0.15, 0.2) is 0 Å². The van der Waals surface area contributed by atoms with Crippen LogP contribution in [0.1, 0.15) is 38.0 Å². The van der Waals surface area contributed by atoms with Gasteiger partial charge in [-0.3, -0.25) is 9.88 Å². The van der Waals surface area contributed by atoms with E-state index in [1.165, 1.54) is 35.4 Å². The molecular formula is C24H25F3N2O5. The van der Waals surface area contributed by atoms with E-state index in [-0.39, 0.29) is 17.9 Å². The number of fused-ring (bicyclic) bond motifs is 1. The molecule has 0 saturated carbocycles. The number of amides is 1. The maximum absolute atomic E-state index is 12.5. The van der Waals surface area contributed by atoms with Gasteiger partial charge in [-0.2, -0.15) is 0 Å². The summed E-state index contributed by atoms with van der Waals surface area (Å²) in [4.78, 5) is 17.5. The van der Waals surface area contributed by atoms with Crippen LogP contribution in [0.25, 0.3) is 22.0 Å². The van der Waals surface area contributed by atoms with Crippen LogP contribution < -0.4 is 4.74 Å². The highest BCUT2D eigenvalue weighted by atomic mass is 19.4. The van der Waals surface area contributed by atoms with Crippen LogP contribution in [0.3, 0.4) is 0 Å². The van der Waals surface area contributed by atoms with Gasteiger partial charge in [0.05, 0.1) is 12.1 Å². The van der Waals surface area contributed by atoms with Crippen LogP contribution in [0.15, 0.2) is 48.7 Å². The van der Waals surface area contributed by atoms with Gasteiger partial charge in [-0.1, -0.05) is 18.2 Å². The van der Waals surface area contributed by atoms with Crippen molar-refractivity contribution in [2.24, 2.45) is 0 Å². The molecule has 3 N–H and O–H groups in total. The molecule has 10 heteroatoms. The Morgan fingerprint density at radius 1 is 1.15 bits per heavy atom. The highest BCUT2D eigenvalue weighted by Gasteiger charge is 2.31. The topological polar surface area (TPSA) is 103 Å². The Morgan fingerprint density at radius 3 is 2.32 bits per heavy atom. The number of alkyl halides is 3. The molecule has 2 aromatic carbocycles. The molecule has 0 bridgehead atoms. The average Bonchev–Trinajstić information content (AvgIpc) is 2.74. The number of benzene rings is 2. The molecule has 0 aliphatic rings. The number of rotatable bonds is 6. The summed E-state index contributed by atoms with van der Waals surface area (Å²) in [6, 6.07) is 10.3. The predicted octanol–water partition coefficient (Wildman–Crippen LogP) is 5.10. The summed E-state index contributed by atoms with van der Waals surface area (Å²) < 4.78 is 41.5. The SMILES string of the molecule is CC(C)(C)N(Cc1cc(-c2ccc(OC(F)(F)F)cc2)c2cccnc2c1C(O)CO)C(=O)O. The van der Waals surface area contributed by atoms with Crippen LogP contribution in [-0.4, -0.2) is 49.8 Å². The van der Waals surface area contributed by atoms with E-state index in [9.17, 15) is 33.3 Å². The zero-order valence-corrected chi connectivity index (χ0v) is 18.8. The summed E-state index contributed by atoms with van der Waals surface area (Å²) in [7, 11) is 0. The molecule has 34 heavy (non-hydrogen) atoms. The van der Waals surface area contributed by atoms with Crippen molar-refractivity contribution in [3.63, 3.8) is 0 Å². The molecule has 7 nitrogen and oxygen atoms in total. The first-order valence-corrected chi connectivity index (χ1v) is 10.4. The number of hydrogen-bond donors (Lipinski definition) is 3. The van der Waals surface area contributed by atoms with Gasteiger partial charge in [-0.15, -0.1) is 13.2 Å². The summed E-state index contributed by atoms with van der Waals surface area (Å²) in [6.45, 7) is 4.46. The smallest absolute Gasteiger partial charge is 0.465 e. The van der Waals surface area contributed by atoms with E-state index in [4.69, 9.17) is 0 Å². The number of ether oxygens (including phenoxy) is 1. The Hall–Kier alpha value is -3.37. The standard InChI is InChI=1S/C24H25F3N2O5/c1-23(2,3)29(22(32)33)12-15-11-18(14-6-8-16(9-7-14)34-24(25,26)27)17-5-4-10-28-21(17)20(15)19(31)13-30/h4-11,19,30-31H,12-13H2,1-3H3,(H,32,33). The Bertz CT molecular complexity index is 1170. The fraction of sp³-hybridized carbons (Fsp3) is 0.333. The molecule has 1 heterocycles. The Balaban J connectivity index is 2.22. The van der Waals surface area contributed by atoms with Gasteiger partial charge < -0.3 is 20.1 Å². The first-order chi connectivity index (χ1) is 15.8. The molecule has 1 amide bonds. The lowest BCUT2D eigenvalue weighted by Crippen LogP contribution is -2.44. The minimum atomic E-state index is -4.82. The molecule has 1 atom stereocenters. The van der Waals surface area contributed by atoms with E-state index in [0.29, 0.717) is 27.6 Å². The maximum Gasteiger partial charge on any atom is 0.573 e. The summed E-state index contributed by atoms with van der Waals surface area (Å²) in [5, 5.41) is 30.6. The second-order valence-electron chi connectivity index (χ2n) is 8.71.